The van der Waals surface area contributed by atoms with Gasteiger partial charge >= 0.3 is 0 Å². The first-order valence-corrected chi connectivity index (χ1v) is 10.4. The van der Waals surface area contributed by atoms with Gasteiger partial charge in [-0.2, -0.15) is 0 Å². The van der Waals surface area contributed by atoms with Crippen molar-refractivity contribution < 1.29 is 54.0 Å². The summed E-state index contributed by atoms with van der Waals surface area (Å²) in [5.41, 5.74) is -0.250. The fourth-order valence-electron chi connectivity index (χ4n) is 3.76. The van der Waals surface area contributed by atoms with Crippen LogP contribution < -0.4 is 24.7 Å². The van der Waals surface area contributed by atoms with Gasteiger partial charge in [0.05, 0.1) is 26.4 Å². The van der Waals surface area contributed by atoms with Crippen LogP contribution >= 0.6 is 0 Å². The van der Waals surface area contributed by atoms with Gasteiger partial charge in [-0.3, -0.25) is 4.79 Å². The third kappa shape index (κ3) is 4.45. The second kappa shape index (κ2) is 9.60. The number of methoxy groups -OCH3 is 2. The Bertz CT molecular complexity index is 1210. The minimum absolute atomic E-state index is 0.0183. The van der Waals surface area contributed by atoms with Crippen LogP contribution in [0.4, 0.5) is 0 Å². The summed E-state index contributed by atoms with van der Waals surface area (Å²) in [5, 5.41) is 62.7. The Hall–Kier alpha value is -3.55. The molecule has 5 atom stereocenters. The molecule has 1 saturated heterocycles. The largest absolute Gasteiger partial charge is 0.867 e. The molecule has 1 aliphatic carbocycles. The SMILES string of the molecule is COc1cc(-c2oc3cc(=O)cc(O)c-3cc2O[C@@H]2O[C@H](CO)[C@H](O)[C@H](O)[C@H]2O)cc(OC)c1[O-]. The van der Waals surface area contributed by atoms with Crippen molar-refractivity contribution in [3.8, 4) is 51.4 Å². The van der Waals surface area contributed by atoms with Crippen LogP contribution in [0.15, 0.2) is 39.5 Å². The van der Waals surface area contributed by atoms with E-state index in [2.05, 4.69) is 0 Å². The van der Waals surface area contributed by atoms with Gasteiger partial charge in [0.25, 0.3) is 0 Å². The summed E-state index contributed by atoms with van der Waals surface area (Å²) in [7, 11) is 2.56. The monoisotopic (exact) mass is 491 g/mol. The van der Waals surface area contributed by atoms with Crippen molar-refractivity contribution in [1.29, 1.82) is 0 Å². The number of ether oxygens (including phenoxy) is 4. The Kier molecular flexibility index (Phi) is 6.74. The van der Waals surface area contributed by atoms with E-state index >= 15 is 0 Å². The smallest absolute Gasteiger partial charge is 0.229 e. The highest BCUT2D eigenvalue weighted by molar-refractivity contribution is 5.77. The van der Waals surface area contributed by atoms with Gasteiger partial charge in [-0.05, 0) is 23.9 Å². The van der Waals surface area contributed by atoms with Crippen molar-refractivity contribution in [2.75, 3.05) is 20.8 Å². The Balaban J connectivity index is 1.89. The van der Waals surface area contributed by atoms with Crippen LogP contribution in [0.5, 0.6) is 28.7 Å². The molecule has 0 aromatic heterocycles. The van der Waals surface area contributed by atoms with E-state index in [4.69, 9.17) is 23.4 Å². The Morgan fingerprint density at radius 3 is 2.20 bits per heavy atom. The molecular formula is C23H23O12-. The summed E-state index contributed by atoms with van der Waals surface area (Å²) < 4.78 is 27.3. The van der Waals surface area contributed by atoms with Crippen LogP contribution in [0.3, 0.4) is 0 Å². The minimum atomic E-state index is -1.73. The van der Waals surface area contributed by atoms with Gasteiger partial charge in [-0.1, -0.05) is 0 Å². The minimum Gasteiger partial charge on any atom is -0.867 e. The molecule has 188 valence electrons. The molecule has 12 heteroatoms. The topological polar surface area (TPSA) is 191 Å². The summed E-state index contributed by atoms with van der Waals surface area (Å²) in [5.74, 6) is -1.35. The highest BCUT2D eigenvalue weighted by Crippen LogP contribution is 2.45. The molecule has 35 heavy (non-hydrogen) atoms. The molecule has 0 saturated carbocycles. The maximum Gasteiger partial charge on any atom is 0.229 e. The zero-order valence-corrected chi connectivity index (χ0v) is 18.6. The lowest BCUT2D eigenvalue weighted by molar-refractivity contribution is -0.277. The fraction of sp³-hybridized carbons (Fsp3) is 0.348. The number of phenolic OH excluding ortho intramolecular Hbond substituents is 1. The number of rotatable bonds is 6. The van der Waals surface area contributed by atoms with Gasteiger partial charge in [-0.25, -0.2) is 0 Å². The van der Waals surface area contributed by atoms with E-state index in [9.17, 15) is 35.4 Å². The van der Waals surface area contributed by atoms with Crippen molar-refractivity contribution in [1.82, 2.24) is 0 Å². The van der Waals surface area contributed by atoms with Crippen LogP contribution in [0.1, 0.15) is 0 Å². The Morgan fingerprint density at radius 2 is 1.60 bits per heavy atom. The summed E-state index contributed by atoms with van der Waals surface area (Å²) in [6, 6.07) is 6.06. The van der Waals surface area contributed by atoms with Crippen molar-refractivity contribution in [2.45, 2.75) is 30.7 Å². The third-order valence-corrected chi connectivity index (χ3v) is 5.62. The Labute approximate surface area is 198 Å². The van der Waals surface area contributed by atoms with Crippen LogP contribution in [0.25, 0.3) is 22.6 Å². The predicted molar refractivity (Wildman–Crippen MR) is 116 cm³/mol. The molecular weight excluding hydrogens is 468 g/mol. The molecule has 4 rings (SSSR count). The average molecular weight is 491 g/mol. The van der Waals surface area contributed by atoms with Gasteiger partial charge in [-0.15, -0.1) is 0 Å². The molecule has 0 amide bonds. The molecule has 12 nitrogen and oxygen atoms in total. The lowest BCUT2D eigenvalue weighted by atomic mass is 9.99. The quantitative estimate of drug-likeness (QED) is 0.294. The third-order valence-electron chi connectivity index (χ3n) is 5.62. The molecule has 1 aromatic rings. The second-order valence-electron chi connectivity index (χ2n) is 7.82. The fourth-order valence-corrected chi connectivity index (χ4v) is 3.76. The number of aliphatic hydroxyl groups is 4. The lowest BCUT2D eigenvalue weighted by Gasteiger charge is -2.39. The number of benzene rings is 2. The maximum absolute atomic E-state index is 12.4. The van der Waals surface area contributed by atoms with E-state index < -0.39 is 54.2 Å². The summed E-state index contributed by atoms with van der Waals surface area (Å²) in [6.07, 6.45) is -7.87. The van der Waals surface area contributed by atoms with Crippen molar-refractivity contribution in [3.05, 3.63) is 40.6 Å². The standard InChI is InChI=1S/C23H24O12/c1-31-14-3-9(4-15(32-2)18(14)27)22-16(7-11-12(26)5-10(25)6-13(11)33-22)34-23-21(30)20(29)19(28)17(8-24)35-23/h3-7,17,19-21,23-24,26-30H,8H2,1-2H3/p-1/t17-,19+,20+,21-,23-/m1/s1. The summed E-state index contributed by atoms with van der Waals surface area (Å²) in [4.78, 5) is 11.9. The maximum atomic E-state index is 12.4. The Morgan fingerprint density at radius 1 is 0.943 bits per heavy atom. The van der Waals surface area contributed by atoms with Gasteiger partial charge in [0.1, 0.15) is 47.4 Å². The molecule has 2 heterocycles. The predicted octanol–water partition coefficient (Wildman–Crippen LogP) is -0.613. The van der Waals surface area contributed by atoms with Crippen LogP contribution in [0, 0.1) is 0 Å². The highest BCUT2D eigenvalue weighted by atomic mass is 16.7. The lowest BCUT2D eigenvalue weighted by Crippen LogP contribution is -2.60. The van der Waals surface area contributed by atoms with Crippen molar-refractivity contribution in [2.24, 2.45) is 0 Å². The van der Waals surface area contributed by atoms with Crippen LogP contribution in [0.2, 0.25) is 0 Å². The van der Waals surface area contributed by atoms with E-state index in [0.717, 1.165) is 12.1 Å². The number of hydrogen-bond donors (Lipinski definition) is 5. The molecule has 0 spiro atoms. The first kappa shape index (κ1) is 24.6. The summed E-state index contributed by atoms with van der Waals surface area (Å²) >= 11 is 0. The normalized spacial score (nSPS) is 24.3. The van der Waals surface area contributed by atoms with E-state index in [-0.39, 0.29) is 39.9 Å². The zero-order valence-electron chi connectivity index (χ0n) is 18.6. The van der Waals surface area contributed by atoms with Crippen LogP contribution in [-0.2, 0) is 4.74 Å². The number of aromatic hydroxyl groups is 1. The van der Waals surface area contributed by atoms with E-state index in [1.807, 2.05) is 0 Å². The highest BCUT2D eigenvalue weighted by Gasteiger charge is 2.45. The van der Waals surface area contributed by atoms with Gasteiger partial charge in [0, 0.05) is 17.7 Å². The molecule has 0 bridgehead atoms. The molecule has 3 aliphatic rings. The molecule has 1 fully saturated rings. The molecule has 5 N–H and O–H groups in total. The van der Waals surface area contributed by atoms with Crippen molar-refractivity contribution in [3.63, 3.8) is 0 Å². The van der Waals surface area contributed by atoms with E-state index in [1.165, 1.54) is 32.4 Å². The van der Waals surface area contributed by atoms with E-state index in [0.29, 0.717) is 0 Å². The van der Waals surface area contributed by atoms with Crippen molar-refractivity contribution >= 4 is 0 Å². The first-order valence-electron chi connectivity index (χ1n) is 10.4. The average Bonchev–Trinajstić information content (AvgIpc) is 2.84. The number of phenols is 1. The molecule has 0 unspecified atom stereocenters. The second-order valence-corrected chi connectivity index (χ2v) is 7.82. The number of fused-ring (bicyclic) bond motifs is 1. The number of hydrogen-bond acceptors (Lipinski definition) is 12. The van der Waals surface area contributed by atoms with Gasteiger partial charge < -0.3 is 54.0 Å². The first-order chi connectivity index (χ1) is 16.7. The van der Waals surface area contributed by atoms with Gasteiger partial charge in [0.15, 0.2) is 16.9 Å². The summed E-state index contributed by atoms with van der Waals surface area (Å²) in [6.45, 7) is -0.674. The molecule has 1 aromatic carbocycles. The van der Waals surface area contributed by atoms with Crippen LogP contribution in [-0.4, -0.2) is 77.1 Å². The molecule has 0 radical (unpaired) electrons. The zero-order chi connectivity index (χ0) is 25.4. The van der Waals surface area contributed by atoms with E-state index in [1.54, 1.807) is 0 Å². The molecule has 2 aliphatic heterocycles. The van der Waals surface area contributed by atoms with Gasteiger partial charge in [0.2, 0.25) is 6.29 Å². The number of aliphatic hydroxyl groups excluding tert-OH is 4.